The van der Waals surface area contributed by atoms with Crippen molar-refractivity contribution in [3.63, 3.8) is 0 Å². The van der Waals surface area contributed by atoms with Crippen molar-refractivity contribution in [1.82, 2.24) is 14.9 Å². The van der Waals surface area contributed by atoms with E-state index in [0.29, 0.717) is 0 Å². The minimum Gasteiger partial charge on any atom is -0.350 e. The molecule has 0 aliphatic heterocycles. The average Bonchev–Trinajstić information content (AvgIpc) is 3.14. The lowest BCUT2D eigenvalue weighted by Crippen LogP contribution is -2.18. The van der Waals surface area contributed by atoms with E-state index in [1.54, 1.807) is 0 Å². The summed E-state index contributed by atoms with van der Waals surface area (Å²) >= 11 is 0. The van der Waals surface area contributed by atoms with Crippen molar-refractivity contribution in [2.45, 2.75) is 38.4 Å². The van der Waals surface area contributed by atoms with Gasteiger partial charge in [-0.2, -0.15) is 0 Å². The van der Waals surface area contributed by atoms with E-state index in [9.17, 15) is 0 Å². The molecule has 0 spiro atoms. The van der Waals surface area contributed by atoms with Crippen LogP contribution >= 0.6 is 0 Å². The van der Waals surface area contributed by atoms with E-state index in [1.165, 1.54) is 24.1 Å². The maximum absolute atomic E-state index is 4.15. The Morgan fingerprint density at radius 3 is 3.00 bits per heavy atom. The van der Waals surface area contributed by atoms with Crippen molar-refractivity contribution in [1.29, 1.82) is 0 Å². The molecule has 2 aromatic rings. The third-order valence-electron chi connectivity index (χ3n) is 3.44. The maximum atomic E-state index is 4.15. The molecule has 18 heavy (non-hydrogen) atoms. The molecule has 2 aromatic heterocycles. The first-order valence-corrected chi connectivity index (χ1v) is 6.68. The Bertz CT molecular complexity index is 485. The predicted molar refractivity (Wildman–Crippen MR) is 72.2 cm³/mol. The van der Waals surface area contributed by atoms with E-state index in [2.05, 4.69) is 39.3 Å². The summed E-state index contributed by atoms with van der Waals surface area (Å²) in [5.41, 5.74) is 2.68. The highest BCUT2D eigenvalue weighted by atomic mass is 15.0. The molecule has 0 saturated heterocycles. The van der Waals surface area contributed by atoms with E-state index in [0.717, 1.165) is 25.6 Å². The molecule has 1 saturated carbocycles. The van der Waals surface area contributed by atoms with Crippen LogP contribution < -0.4 is 5.32 Å². The molecule has 0 atom stereocenters. The molecule has 0 bridgehead atoms. The molecule has 1 aliphatic rings. The van der Waals surface area contributed by atoms with Crippen LogP contribution in [-0.2, 0) is 19.5 Å². The largest absolute Gasteiger partial charge is 0.350 e. The number of pyridine rings is 1. The van der Waals surface area contributed by atoms with Gasteiger partial charge in [0.05, 0.1) is 0 Å². The number of aryl methyl sites for hydroxylation is 2. The Morgan fingerprint density at radius 1 is 1.28 bits per heavy atom. The molecule has 1 fully saturated rings. The van der Waals surface area contributed by atoms with E-state index < -0.39 is 0 Å². The third kappa shape index (κ3) is 2.99. The molecule has 3 heteroatoms. The van der Waals surface area contributed by atoms with E-state index in [1.807, 2.05) is 18.5 Å². The van der Waals surface area contributed by atoms with Gasteiger partial charge in [-0.15, -0.1) is 0 Å². The maximum Gasteiger partial charge on any atom is 0.0361 e. The van der Waals surface area contributed by atoms with Crippen LogP contribution in [0.3, 0.4) is 0 Å². The second-order valence-electron chi connectivity index (χ2n) is 4.96. The number of hydrogen-bond donors (Lipinski definition) is 1. The SMILES string of the molecule is c1cncc(CCn2cccc2CNC2CC2)c1. The highest BCUT2D eigenvalue weighted by Gasteiger charge is 2.20. The lowest BCUT2D eigenvalue weighted by Gasteiger charge is -2.09. The summed E-state index contributed by atoms with van der Waals surface area (Å²) in [6.45, 7) is 2.02. The molecule has 0 radical (unpaired) electrons. The fraction of sp³-hybridized carbons (Fsp3) is 0.400. The van der Waals surface area contributed by atoms with Gasteiger partial charge in [-0.3, -0.25) is 4.98 Å². The number of aromatic nitrogens is 2. The second-order valence-corrected chi connectivity index (χ2v) is 4.96. The van der Waals surface area contributed by atoms with Gasteiger partial charge in [0.2, 0.25) is 0 Å². The summed E-state index contributed by atoms with van der Waals surface area (Å²) in [6, 6.07) is 9.25. The first-order valence-electron chi connectivity index (χ1n) is 6.68. The van der Waals surface area contributed by atoms with Gasteiger partial charge in [0.25, 0.3) is 0 Å². The fourth-order valence-corrected chi connectivity index (χ4v) is 2.16. The van der Waals surface area contributed by atoms with Crippen LogP contribution in [0.5, 0.6) is 0 Å². The van der Waals surface area contributed by atoms with Crippen molar-refractivity contribution in [3.05, 3.63) is 54.1 Å². The summed E-state index contributed by atoms with van der Waals surface area (Å²) in [7, 11) is 0. The van der Waals surface area contributed by atoms with Gasteiger partial charge in [-0.25, -0.2) is 0 Å². The smallest absolute Gasteiger partial charge is 0.0361 e. The summed E-state index contributed by atoms with van der Waals surface area (Å²) in [6.07, 6.45) is 9.67. The fourth-order valence-electron chi connectivity index (χ4n) is 2.16. The van der Waals surface area contributed by atoms with Gasteiger partial charge in [-0.05, 0) is 43.0 Å². The van der Waals surface area contributed by atoms with Crippen molar-refractivity contribution in [2.75, 3.05) is 0 Å². The number of nitrogens with zero attached hydrogens (tertiary/aromatic N) is 2. The first-order chi connectivity index (χ1) is 8.92. The molecule has 94 valence electrons. The van der Waals surface area contributed by atoms with Gasteiger partial charge in [0.1, 0.15) is 0 Å². The standard InChI is InChI=1S/C15H19N3/c1-3-13(11-16-8-1)7-10-18-9-2-4-15(18)12-17-14-5-6-14/h1-4,8-9,11,14,17H,5-7,10,12H2. The normalized spacial score (nSPS) is 14.9. The zero-order valence-corrected chi connectivity index (χ0v) is 10.5. The summed E-state index contributed by atoms with van der Waals surface area (Å²) in [5.74, 6) is 0. The van der Waals surface area contributed by atoms with Gasteiger partial charge >= 0.3 is 0 Å². The van der Waals surface area contributed by atoms with Crippen molar-refractivity contribution < 1.29 is 0 Å². The summed E-state index contributed by atoms with van der Waals surface area (Å²) in [5, 5.41) is 3.56. The molecule has 0 aromatic carbocycles. The first kappa shape index (κ1) is 11.5. The quantitative estimate of drug-likeness (QED) is 0.841. The van der Waals surface area contributed by atoms with Crippen LogP contribution in [0.1, 0.15) is 24.1 Å². The van der Waals surface area contributed by atoms with E-state index >= 15 is 0 Å². The lowest BCUT2D eigenvalue weighted by atomic mass is 10.2. The molecule has 1 N–H and O–H groups in total. The summed E-state index contributed by atoms with van der Waals surface area (Å²) < 4.78 is 2.34. The third-order valence-corrected chi connectivity index (χ3v) is 3.44. The number of rotatable bonds is 6. The van der Waals surface area contributed by atoms with Crippen LogP contribution in [0.25, 0.3) is 0 Å². The highest BCUT2D eigenvalue weighted by Crippen LogP contribution is 2.19. The topological polar surface area (TPSA) is 29.9 Å². The Kier molecular flexibility index (Phi) is 3.42. The van der Waals surface area contributed by atoms with Crippen LogP contribution in [0, 0.1) is 0 Å². The zero-order valence-electron chi connectivity index (χ0n) is 10.5. The van der Waals surface area contributed by atoms with E-state index in [-0.39, 0.29) is 0 Å². The molecular weight excluding hydrogens is 222 g/mol. The van der Waals surface area contributed by atoms with Crippen LogP contribution in [0.15, 0.2) is 42.9 Å². The second kappa shape index (κ2) is 5.36. The Hall–Kier alpha value is -1.61. The highest BCUT2D eigenvalue weighted by molar-refractivity contribution is 5.11. The van der Waals surface area contributed by atoms with Gasteiger partial charge < -0.3 is 9.88 Å². The summed E-state index contributed by atoms with van der Waals surface area (Å²) in [4.78, 5) is 4.15. The van der Waals surface area contributed by atoms with Crippen LogP contribution in [0.4, 0.5) is 0 Å². The molecule has 2 heterocycles. The van der Waals surface area contributed by atoms with Crippen LogP contribution in [-0.4, -0.2) is 15.6 Å². The van der Waals surface area contributed by atoms with E-state index in [4.69, 9.17) is 0 Å². The van der Waals surface area contributed by atoms with Crippen molar-refractivity contribution >= 4 is 0 Å². The Balaban J connectivity index is 1.56. The predicted octanol–water partition coefficient (Wildman–Crippen LogP) is 2.38. The van der Waals surface area contributed by atoms with Gasteiger partial charge in [-0.1, -0.05) is 6.07 Å². The molecule has 3 nitrogen and oxygen atoms in total. The Labute approximate surface area is 108 Å². The van der Waals surface area contributed by atoms with Crippen LogP contribution in [0.2, 0.25) is 0 Å². The molecular formula is C15H19N3. The molecule has 1 aliphatic carbocycles. The number of hydrogen-bond acceptors (Lipinski definition) is 2. The molecule has 3 rings (SSSR count). The van der Waals surface area contributed by atoms with Crippen molar-refractivity contribution in [2.24, 2.45) is 0 Å². The van der Waals surface area contributed by atoms with Gasteiger partial charge in [0, 0.05) is 43.4 Å². The number of nitrogens with one attached hydrogen (secondary N) is 1. The molecule has 0 unspecified atom stereocenters. The minimum absolute atomic E-state index is 0.770. The zero-order chi connectivity index (χ0) is 12.2. The Morgan fingerprint density at radius 2 is 2.22 bits per heavy atom. The van der Waals surface area contributed by atoms with Gasteiger partial charge in [0.15, 0.2) is 0 Å². The molecule has 0 amide bonds. The lowest BCUT2D eigenvalue weighted by molar-refractivity contribution is 0.606. The minimum atomic E-state index is 0.770. The van der Waals surface area contributed by atoms with Crippen molar-refractivity contribution in [3.8, 4) is 0 Å². The monoisotopic (exact) mass is 241 g/mol. The average molecular weight is 241 g/mol.